The first kappa shape index (κ1) is 13.6. The average molecular weight is 290 g/mol. The highest BCUT2D eigenvalue weighted by molar-refractivity contribution is 7.14. The van der Waals surface area contributed by atoms with Crippen LogP contribution in [0, 0.1) is 18.8 Å². The van der Waals surface area contributed by atoms with Crippen molar-refractivity contribution in [3.05, 3.63) is 21.4 Å². The van der Waals surface area contributed by atoms with Crippen molar-refractivity contribution in [2.75, 3.05) is 19.6 Å². The number of likely N-dealkylation sites (tertiary alicyclic amines) is 1. The van der Waals surface area contributed by atoms with Crippen molar-refractivity contribution in [2.24, 2.45) is 5.73 Å². The van der Waals surface area contributed by atoms with Crippen LogP contribution in [0.3, 0.4) is 0 Å². The van der Waals surface area contributed by atoms with Gasteiger partial charge in [0.1, 0.15) is 0 Å². The summed E-state index contributed by atoms with van der Waals surface area (Å²) in [5, 5.41) is 0. The maximum atomic E-state index is 12.6. The van der Waals surface area contributed by atoms with Gasteiger partial charge in [0.25, 0.3) is 5.91 Å². The van der Waals surface area contributed by atoms with Crippen LogP contribution in [-0.4, -0.2) is 42.6 Å². The largest absolute Gasteiger partial charge is 0.371 e. The Morgan fingerprint density at radius 1 is 1.50 bits per heavy atom. The van der Waals surface area contributed by atoms with Gasteiger partial charge in [-0.05, 0) is 31.4 Å². The minimum absolute atomic E-state index is 0.110. The van der Waals surface area contributed by atoms with Gasteiger partial charge < -0.3 is 15.4 Å². The van der Waals surface area contributed by atoms with Crippen molar-refractivity contribution < 1.29 is 9.53 Å². The monoisotopic (exact) mass is 290 g/mol. The number of hydrogen-bond donors (Lipinski definition) is 1. The zero-order valence-electron chi connectivity index (χ0n) is 11.5. The van der Waals surface area contributed by atoms with E-state index in [2.05, 4.69) is 11.8 Å². The van der Waals surface area contributed by atoms with E-state index in [0.717, 1.165) is 41.2 Å². The summed E-state index contributed by atoms with van der Waals surface area (Å²) < 4.78 is 5.77. The van der Waals surface area contributed by atoms with Crippen LogP contribution in [0.4, 0.5) is 0 Å². The molecular formula is C15H18N2O2S. The number of carbonyl (C=O) groups excluding carboxylic acids is 1. The van der Waals surface area contributed by atoms with Gasteiger partial charge >= 0.3 is 0 Å². The number of amides is 1. The lowest BCUT2D eigenvalue weighted by Crippen LogP contribution is -2.45. The van der Waals surface area contributed by atoms with Crippen LogP contribution in [0.5, 0.6) is 0 Å². The summed E-state index contributed by atoms with van der Waals surface area (Å²) in [4.78, 5) is 16.2. The average Bonchev–Trinajstić information content (AvgIpc) is 2.98. The first-order valence-electron chi connectivity index (χ1n) is 6.91. The highest BCUT2D eigenvalue weighted by Crippen LogP contribution is 2.29. The molecule has 2 aliphatic heterocycles. The molecule has 2 bridgehead atoms. The van der Waals surface area contributed by atoms with E-state index in [4.69, 9.17) is 10.5 Å². The van der Waals surface area contributed by atoms with Gasteiger partial charge in [-0.2, -0.15) is 0 Å². The molecule has 106 valence electrons. The Morgan fingerprint density at radius 3 is 2.85 bits per heavy atom. The fraction of sp³-hybridized carbons (Fsp3) is 0.533. The molecule has 2 N–H and O–H groups in total. The Kier molecular flexibility index (Phi) is 3.79. The molecule has 0 aliphatic carbocycles. The van der Waals surface area contributed by atoms with Crippen molar-refractivity contribution in [3.8, 4) is 11.8 Å². The Labute approximate surface area is 122 Å². The Morgan fingerprint density at radius 2 is 2.20 bits per heavy atom. The van der Waals surface area contributed by atoms with E-state index in [1.54, 1.807) is 0 Å². The molecule has 4 nitrogen and oxygen atoms in total. The number of hydrogen-bond acceptors (Lipinski definition) is 4. The number of nitrogens with two attached hydrogens (primary N) is 1. The van der Waals surface area contributed by atoms with Crippen LogP contribution in [0.2, 0.25) is 0 Å². The maximum absolute atomic E-state index is 12.6. The third-order valence-corrected chi connectivity index (χ3v) is 4.90. The number of thiophene rings is 1. The molecule has 0 spiro atoms. The Bertz CT molecular complexity index is 572. The van der Waals surface area contributed by atoms with Crippen LogP contribution >= 0.6 is 11.3 Å². The number of rotatable bonds is 1. The predicted octanol–water partition coefficient (Wildman–Crippen LogP) is 1.37. The van der Waals surface area contributed by atoms with Gasteiger partial charge in [-0.25, -0.2) is 0 Å². The molecule has 2 unspecified atom stereocenters. The molecule has 0 radical (unpaired) electrons. The molecule has 3 rings (SSSR count). The number of ether oxygens (including phenoxy) is 1. The van der Waals surface area contributed by atoms with Crippen LogP contribution in [0.15, 0.2) is 6.07 Å². The van der Waals surface area contributed by atoms with Gasteiger partial charge in [-0.3, -0.25) is 4.79 Å². The van der Waals surface area contributed by atoms with Gasteiger partial charge in [-0.15, -0.1) is 11.3 Å². The van der Waals surface area contributed by atoms with Crippen molar-refractivity contribution in [2.45, 2.75) is 32.0 Å². The topological polar surface area (TPSA) is 55.6 Å². The normalized spacial score (nSPS) is 24.4. The number of nitrogens with zero attached hydrogens (tertiary/aromatic N) is 1. The smallest absolute Gasteiger partial charge is 0.264 e. The second-order valence-corrected chi connectivity index (χ2v) is 6.35. The van der Waals surface area contributed by atoms with Crippen molar-refractivity contribution in [1.29, 1.82) is 0 Å². The van der Waals surface area contributed by atoms with Gasteiger partial charge in [0.05, 0.1) is 28.5 Å². The Balaban J connectivity index is 1.77. The van der Waals surface area contributed by atoms with Crippen molar-refractivity contribution in [3.63, 3.8) is 0 Å². The SMILES string of the molecule is Cc1cc(C(=O)N2CC3CCC(C2)O3)sc1C#CCN. The Hall–Kier alpha value is -1.35. The predicted molar refractivity (Wildman–Crippen MR) is 78.8 cm³/mol. The summed E-state index contributed by atoms with van der Waals surface area (Å²) in [5.41, 5.74) is 6.44. The van der Waals surface area contributed by atoms with Crippen LogP contribution < -0.4 is 5.73 Å². The summed E-state index contributed by atoms with van der Waals surface area (Å²) in [6.07, 6.45) is 2.61. The zero-order valence-corrected chi connectivity index (χ0v) is 12.3. The second kappa shape index (κ2) is 5.57. The van der Waals surface area contributed by atoms with Gasteiger partial charge in [0.15, 0.2) is 0 Å². The lowest BCUT2D eigenvalue weighted by atomic mass is 10.2. The molecule has 0 saturated carbocycles. The second-order valence-electron chi connectivity index (χ2n) is 5.30. The van der Waals surface area contributed by atoms with E-state index < -0.39 is 0 Å². The molecule has 1 aromatic heterocycles. The summed E-state index contributed by atoms with van der Waals surface area (Å²) in [6, 6.07) is 1.94. The number of morpholine rings is 1. The molecule has 3 heterocycles. The standard InChI is InChI=1S/C15H18N2O2S/c1-10-7-14(20-13(10)3-2-6-16)15(18)17-8-11-4-5-12(9-17)19-11/h7,11-12H,4-6,8-9,16H2,1H3. The summed E-state index contributed by atoms with van der Waals surface area (Å²) in [6.45, 7) is 3.76. The van der Waals surface area contributed by atoms with E-state index >= 15 is 0 Å². The molecule has 20 heavy (non-hydrogen) atoms. The zero-order chi connectivity index (χ0) is 14.1. The first-order valence-corrected chi connectivity index (χ1v) is 7.73. The quantitative estimate of drug-likeness (QED) is 0.795. The van der Waals surface area contributed by atoms with Gasteiger partial charge in [-0.1, -0.05) is 11.8 Å². The molecule has 2 fully saturated rings. The fourth-order valence-electron chi connectivity index (χ4n) is 2.78. The van der Waals surface area contributed by atoms with Gasteiger partial charge in [0, 0.05) is 13.1 Å². The summed E-state index contributed by atoms with van der Waals surface area (Å²) in [7, 11) is 0. The lowest BCUT2D eigenvalue weighted by molar-refractivity contribution is -0.0302. The molecule has 2 aliphatic rings. The highest BCUT2D eigenvalue weighted by atomic mass is 32.1. The molecule has 2 atom stereocenters. The van der Waals surface area contributed by atoms with Gasteiger partial charge in [0.2, 0.25) is 0 Å². The van der Waals surface area contributed by atoms with Crippen molar-refractivity contribution >= 4 is 17.2 Å². The third kappa shape index (κ3) is 2.59. The minimum Gasteiger partial charge on any atom is -0.371 e. The van der Waals surface area contributed by atoms with E-state index in [-0.39, 0.29) is 18.1 Å². The van der Waals surface area contributed by atoms with E-state index in [9.17, 15) is 4.79 Å². The number of fused-ring (bicyclic) bond motifs is 2. The molecule has 2 saturated heterocycles. The maximum Gasteiger partial charge on any atom is 0.264 e. The summed E-state index contributed by atoms with van der Waals surface area (Å²) >= 11 is 1.46. The van der Waals surface area contributed by atoms with E-state index in [1.807, 2.05) is 17.9 Å². The fourth-order valence-corrected chi connectivity index (χ4v) is 3.79. The summed E-state index contributed by atoms with van der Waals surface area (Å²) in [5.74, 6) is 5.98. The molecule has 1 aromatic rings. The van der Waals surface area contributed by atoms with E-state index in [0.29, 0.717) is 6.54 Å². The van der Waals surface area contributed by atoms with Crippen LogP contribution in [0.1, 0.15) is 33.0 Å². The van der Waals surface area contributed by atoms with Crippen LogP contribution in [-0.2, 0) is 4.74 Å². The highest BCUT2D eigenvalue weighted by Gasteiger charge is 2.36. The molecule has 0 aromatic carbocycles. The van der Waals surface area contributed by atoms with E-state index in [1.165, 1.54) is 11.3 Å². The minimum atomic E-state index is 0.110. The van der Waals surface area contributed by atoms with Crippen LogP contribution in [0.25, 0.3) is 0 Å². The lowest BCUT2D eigenvalue weighted by Gasteiger charge is -2.31. The number of aryl methyl sites for hydroxylation is 1. The third-order valence-electron chi connectivity index (χ3n) is 3.76. The molecule has 5 heteroatoms. The number of carbonyl (C=O) groups is 1. The molecular weight excluding hydrogens is 272 g/mol. The first-order chi connectivity index (χ1) is 9.67. The van der Waals surface area contributed by atoms with Crippen molar-refractivity contribution in [1.82, 2.24) is 4.90 Å². The molecule has 1 amide bonds.